The van der Waals surface area contributed by atoms with Crippen molar-refractivity contribution in [3.63, 3.8) is 0 Å². The molecule has 0 aliphatic heterocycles. The number of hydrogen-bond donors (Lipinski definition) is 2. The van der Waals surface area contributed by atoms with Crippen LogP contribution in [0.2, 0.25) is 0 Å². The van der Waals surface area contributed by atoms with Crippen LogP contribution in [0.5, 0.6) is 0 Å². The van der Waals surface area contributed by atoms with E-state index in [0.717, 1.165) is 11.3 Å². The summed E-state index contributed by atoms with van der Waals surface area (Å²) in [6, 6.07) is 10.1. The molecule has 1 aliphatic rings. The molecular formula is C17H23ClN4O. The molecule has 1 atom stereocenters. The number of aryl methyl sites for hydroxylation is 1. The summed E-state index contributed by atoms with van der Waals surface area (Å²) in [6.07, 6.45) is 7.34. The third-order valence-electron chi connectivity index (χ3n) is 4.09. The Balaban J connectivity index is 0.00000192. The van der Waals surface area contributed by atoms with E-state index >= 15 is 0 Å². The van der Waals surface area contributed by atoms with Crippen molar-refractivity contribution < 1.29 is 4.79 Å². The molecule has 6 heteroatoms. The summed E-state index contributed by atoms with van der Waals surface area (Å²) in [4.78, 5) is 12.0. The van der Waals surface area contributed by atoms with Crippen molar-refractivity contribution in [2.45, 2.75) is 31.7 Å². The number of benzene rings is 1. The van der Waals surface area contributed by atoms with Crippen molar-refractivity contribution in [1.82, 2.24) is 15.1 Å². The highest BCUT2D eigenvalue weighted by Gasteiger charge is 2.30. The summed E-state index contributed by atoms with van der Waals surface area (Å²) < 4.78 is 1.83. The summed E-state index contributed by atoms with van der Waals surface area (Å²) in [7, 11) is 0. The molecule has 0 radical (unpaired) electrons. The molecule has 1 aromatic carbocycles. The molecule has 1 fully saturated rings. The topological polar surface area (TPSA) is 72.9 Å². The van der Waals surface area contributed by atoms with Crippen LogP contribution in [0.3, 0.4) is 0 Å². The van der Waals surface area contributed by atoms with Crippen LogP contribution in [-0.4, -0.2) is 28.3 Å². The Kier molecular flexibility index (Phi) is 6.19. The smallest absolute Gasteiger partial charge is 0.220 e. The van der Waals surface area contributed by atoms with Crippen molar-refractivity contribution in [2.75, 3.05) is 6.54 Å². The molecule has 1 amide bonds. The number of carbonyl (C=O) groups is 1. The highest BCUT2D eigenvalue weighted by Crippen LogP contribution is 2.32. The predicted molar refractivity (Wildman–Crippen MR) is 92.8 cm³/mol. The zero-order chi connectivity index (χ0) is 15.4. The molecule has 23 heavy (non-hydrogen) atoms. The lowest BCUT2D eigenvalue weighted by Crippen LogP contribution is -2.41. The van der Waals surface area contributed by atoms with Crippen LogP contribution in [0.4, 0.5) is 0 Å². The minimum Gasteiger partial charge on any atom is -0.352 e. The van der Waals surface area contributed by atoms with E-state index in [0.29, 0.717) is 25.3 Å². The van der Waals surface area contributed by atoms with E-state index in [1.54, 1.807) is 0 Å². The summed E-state index contributed by atoms with van der Waals surface area (Å²) in [5.74, 6) is 0.671. The lowest BCUT2D eigenvalue weighted by atomic mass is 10.1. The molecular weight excluding hydrogens is 312 g/mol. The van der Waals surface area contributed by atoms with Gasteiger partial charge in [-0.15, -0.1) is 12.4 Å². The summed E-state index contributed by atoms with van der Waals surface area (Å²) >= 11 is 0. The van der Waals surface area contributed by atoms with Gasteiger partial charge in [-0.05, 0) is 42.9 Å². The van der Waals surface area contributed by atoms with E-state index in [9.17, 15) is 4.79 Å². The zero-order valence-electron chi connectivity index (χ0n) is 13.0. The summed E-state index contributed by atoms with van der Waals surface area (Å²) in [5, 5.41) is 7.39. The quantitative estimate of drug-likeness (QED) is 0.814. The van der Waals surface area contributed by atoms with Crippen molar-refractivity contribution in [3.8, 4) is 5.69 Å². The van der Waals surface area contributed by atoms with Crippen molar-refractivity contribution >= 4 is 18.3 Å². The maximum atomic E-state index is 12.0. The molecule has 3 rings (SSSR count). The molecule has 0 spiro atoms. The Labute approximate surface area is 142 Å². The molecule has 5 nitrogen and oxygen atoms in total. The number of hydrogen-bond acceptors (Lipinski definition) is 3. The van der Waals surface area contributed by atoms with Gasteiger partial charge in [-0.25, -0.2) is 4.68 Å². The molecule has 3 N–H and O–H groups in total. The number of rotatable bonds is 7. The second kappa shape index (κ2) is 8.13. The van der Waals surface area contributed by atoms with Crippen LogP contribution < -0.4 is 11.1 Å². The lowest BCUT2D eigenvalue weighted by Gasteiger charge is -2.15. The standard InChI is InChI=1S/C17H22N4O.ClH/c18-10-16(14-7-8-14)20-17(22)9-6-13-11-19-21(12-13)15-4-2-1-3-5-15;/h1-5,11-12,14,16H,6-10,18H2,(H,20,22);1H. The van der Waals surface area contributed by atoms with Gasteiger partial charge >= 0.3 is 0 Å². The largest absolute Gasteiger partial charge is 0.352 e. The van der Waals surface area contributed by atoms with Gasteiger partial charge in [0.2, 0.25) is 5.91 Å². The first kappa shape index (κ1) is 17.5. The monoisotopic (exact) mass is 334 g/mol. The number of para-hydroxylation sites is 1. The first-order chi connectivity index (χ1) is 10.8. The fraction of sp³-hybridized carbons (Fsp3) is 0.412. The fourth-order valence-corrected chi connectivity index (χ4v) is 2.62. The van der Waals surface area contributed by atoms with Crippen LogP contribution in [0.15, 0.2) is 42.7 Å². The van der Waals surface area contributed by atoms with E-state index in [1.807, 2.05) is 47.4 Å². The van der Waals surface area contributed by atoms with Gasteiger partial charge in [0, 0.05) is 25.2 Å². The molecule has 1 saturated carbocycles. The summed E-state index contributed by atoms with van der Waals surface area (Å²) in [6.45, 7) is 0.530. The molecule has 2 aromatic rings. The number of nitrogens with zero attached hydrogens (tertiary/aromatic N) is 2. The van der Waals surface area contributed by atoms with Gasteiger partial charge in [0.15, 0.2) is 0 Å². The number of nitrogens with one attached hydrogen (secondary N) is 1. The van der Waals surface area contributed by atoms with Crippen LogP contribution in [0, 0.1) is 5.92 Å². The van der Waals surface area contributed by atoms with Gasteiger partial charge in [0.05, 0.1) is 11.9 Å². The molecule has 1 unspecified atom stereocenters. The van der Waals surface area contributed by atoms with E-state index in [-0.39, 0.29) is 24.4 Å². The Hall–Kier alpha value is -1.85. The van der Waals surface area contributed by atoms with Gasteiger partial charge < -0.3 is 11.1 Å². The SMILES string of the molecule is Cl.NCC(NC(=O)CCc1cnn(-c2ccccc2)c1)C1CC1. The number of aromatic nitrogens is 2. The average molecular weight is 335 g/mol. The van der Waals surface area contributed by atoms with E-state index in [2.05, 4.69) is 10.4 Å². The third-order valence-corrected chi connectivity index (χ3v) is 4.09. The van der Waals surface area contributed by atoms with E-state index in [4.69, 9.17) is 5.73 Å². The number of nitrogens with two attached hydrogens (primary N) is 1. The molecule has 1 heterocycles. The summed E-state index contributed by atoms with van der Waals surface area (Å²) in [5.41, 5.74) is 7.80. The Morgan fingerprint density at radius 3 is 2.74 bits per heavy atom. The first-order valence-electron chi connectivity index (χ1n) is 7.84. The Morgan fingerprint density at radius 1 is 1.35 bits per heavy atom. The third kappa shape index (κ3) is 4.81. The highest BCUT2D eigenvalue weighted by molar-refractivity contribution is 5.85. The van der Waals surface area contributed by atoms with Gasteiger partial charge in [0.25, 0.3) is 0 Å². The van der Waals surface area contributed by atoms with Gasteiger partial charge in [-0.2, -0.15) is 5.10 Å². The molecule has 0 bridgehead atoms. The van der Waals surface area contributed by atoms with E-state index in [1.165, 1.54) is 12.8 Å². The normalized spacial score (nSPS) is 14.8. The number of amides is 1. The Bertz CT molecular complexity index is 625. The van der Waals surface area contributed by atoms with Gasteiger partial charge in [0.1, 0.15) is 0 Å². The highest BCUT2D eigenvalue weighted by atomic mass is 35.5. The van der Waals surface area contributed by atoms with Crippen LogP contribution >= 0.6 is 12.4 Å². The maximum Gasteiger partial charge on any atom is 0.220 e. The van der Waals surface area contributed by atoms with E-state index < -0.39 is 0 Å². The maximum absolute atomic E-state index is 12.0. The molecule has 124 valence electrons. The van der Waals surface area contributed by atoms with Crippen LogP contribution in [-0.2, 0) is 11.2 Å². The predicted octanol–water partition coefficient (Wildman–Crippen LogP) is 2.08. The molecule has 0 saturated heterocycles. The zero-order valence-corrected chi connectivity index (χ0v) is 13.8. The average Bonchev–Trinajstić information content (AvgIpc) is 3.29. The molecule has 1 aliphatic carbocycles. The van der Waals surface area contributed by atoms with Gasteiger partial charge in [-0.3, -0.25) is 4.79 Å². The number of halogens is 1. The Morgan fingerprint density at radius 2 is 2.09 bits per heavy atom. The van der Waals surface area contributed by atoms with Crippen LogP contribution in [0.25, 0.3) is 5.69 Å². The second-order valence-electron chi connectivity index (χ2n) is 5.88. The van der Waals surface area contributed by atoms with Crippen molar-refractivity contribution in [2.24, 2.45) is 11.7 Å². The second-order valence-corrected chi connectivity index (χ2v) is 5.88. The minimum absolute atomic E-state index is 0. The number of carbonyl (C=O) groups excluding carboxylic acids is 1. The minimum atomic E-state index is 0. The van der Waals surface area contributed by atoms with Crippen molar-refractivity contribution in [3.05, 3.63) is 48.3 Å². The first-order valence-corrected chi connectivity index (χ1v) is 7.84. The van der Waals surface area contributed by atoms with Gasteiger partial charge in [-0.1, -0.05) is 18.2 Å². The lowest BCUT2D eigenvalue weighted by molar-refractivity contribution is -0.121. The fourth-order valence-electron chi connectivity index (χ4n) is 2.62. The van der Waals surface area contributed by atoms with Crippen molar-refractivity contribution in [1.29, 1.82) is 0 Å². The van der Waals surface area contributed by atoms with Crippen LogP contribution in [0.1, 0.15) is 24.8 Å². The molecule has 1 aromatic heterocycles.